The van der Waals surface area contributed by atoms with E-state index in [0.717, 1.165) is 17.2 Å². The summed E-state index contributed by atoms with van der Waals surface area (Å²) in [6.45, 7) is 4.22. The number of hydrogen-bond acceptors (Lipinski definition) is 5. The first kappa shape index (κ1) is 12.8. The summed E-state index contributed by atoms with van der Waals surface area (Å²) in [4.78, 5) is 31.3. The maximum Gasteiger partial charge on any atom is 0.266 e. The number of nitrogens with one attached hydrogen (secondary N) is 1. The summed E-state index contributed by atoms with van der Waals surface area (Å²) in [6.07, 6.45) is 0.832. The Labute approximate surface area is 110 Å². The molecule has 1 aromatic rings. The maximum absolute atomic E-state index is 12.3. The van der Waals surface area contributed by atoms with Crippen LogP contribution in [-0.2, 0) is 4.79 Å². The van der Waals surface area contributed by atoms with Gasteiger partial charge in [-0.05, 0) is 6.92 Å². The number of amides is 2. The molecule has 0 spiro atoms. The Morgan fingerprint density at radius 1 is 1.39 bits per heavy atom. The standard InChI is InChI=1S/C11H16N4O2S/c1-8-9(18-11(12-2)13-8)10(17)15-5-3-14(7-16)4-6-15/h7H,3-6H2,1-2H3,(H,12,13). The molecule has 1 fully saturated rings. The van der Waals surface area contributed by atoms with Crippen molar-refractivity contribution in [1.29, 1.82) is 0 Å². The zero-order chi connectivity index (χ0) is 13.1. The van der Waals surface area contributed by atoms with Gasteiger partial charge in [-0.3, -0.25) is 9.59 Å². The first-order valence-electron chi connectivity index (χ1n) is 5.79. The van der Waals surface area contributed by atoms with Gasteiger partial charge in [-0.2, -0.15) is 0 Å². The van der Waals surface area contributed by atoms with Gasteiger partial charge < -0.3 is 15.1 Å². The molecule has 0 radical (unpaired) electrons. The molecule has 0 saturated carbocycles. The van der Waals surface area contributed by atoms with Crippen LogP contribution in [-0.4, -0.2) is 60.3 Å². The predicted octanol–water partition coefficient (Wildman–Crippen LogP) is 0.407. The van der Waals surface area contributed by atoms with Crippen molar-refractivity contribution in [3.63, 3.8) is 0 Å². The smallest absolute Gasteiger partial charge is 0.266 e. The van der Waals surface area contributed by atoms with Gasteiger partial charge in [-0.25, -0.2) is 4.98 Å². The van der Waals surface area contributed by atoms with Gasteiger partial charge in [-0.1, -0.05) is 11.3 Å². The molecule has 6 nitrogen and oxygen atoms in total. The molecule has 0 atom stereocenters. The predicted molar refractivity (Wildman–Crippen MR) is 69.9 cm³/mol. The molecule has 1 saturated heterocycles. The largest absolute Gasteiger partial charge is 0.365 e. The van der Waals surface area contributed by atoms with E-state index in [2.05, 4.69) is 10.3 Å². The van der Waals surface area contributed by atoms with Gasteiger partial charge in [0.05, 0.1) is 5.69 Å². The zero-order valence-corrected chi connectivity index (χ0v) is 11.3. The Morgan fingerprint density at radius 3 is 2.56 bits per heavy atom. The molecule has 0 aliphatic carbocycles. The van der Waals surface area contributed by atoms with Gasteiger partial charge in [0.25, 0.3) is 5.91 Å². The van der Waals surface area contributed by atoms with E-state index in [4.69, 9.17) is 0 Å². The van der Waals surface area contributed by atoms with Crippen LogP contribution < -0.4 is 5.32 Å². The Balaban J connectivity index is 2.07. The SMILES string of the molecule is CNc1nc(C)c(C(=O)N2CCN(C=O)CC2)s1. The number of rotatable bonds is 3. The normalized spacial score (nSPS) is 15.7. The van der Waals surface area contributed by atoms with Crippen LogP contribution in [0.5, 0.6) is 0 Å². The number of anilines is 1. The molecular weight excluding hydrogens is 252 g/mol. The van der Waals surface area contributed by atoms with Gasteiger partial charge in [0.1, 0.15) is 4.88 Å². The molecule has 2 rings (SSSR count). The number of hydrogen-bond donors (Lipinski definition) is 1. The van der Waals surface area contributed by atoms with Crippen molar-refractivity contribution in [3.8, 4) is 0 Å². The Morgan fingerprint density at radius 2 is 2.06 bits per heavy atom. The Bertz CT molecular complexity index is 452. The fraction of sp³-hybridized carbons (Fsp3) is 0.545. The lowest BCUT2D eigenvalue weighted by atomic mass is 10.3. The van der Waals surface area contributed by atoms with E-state index < -0.39 is 0 Å². The first-order chi connectivity index (χ1) is 8.65. The summed E-state index contributed by atoms with van der Waals surface area (Å²) in [5, 5.41) is 3.70. The number of aromatic nitrogens is 1. The number of carbonyl (C=O) groups excluding carboxylic acids is 2. The van der Waals surface area contributed by atoms with Crippen LogP contribution in [0.4, 0.5) is 5.13 Å². The lowest BCUT2D eigenvalue weighted by Crippen LogP contribution is -2.48. The van der Waals surface area contributed by atoms with Crippen LogP contribution in [0.25, 0.3) is 0 Å². The van der Waals surface area contributed by atoms with Crippen molar-refractivity contribution in [2.75, 3.05) is 38.5 Å². The molecule has 98 valence electrons. The molecular formula is C11H16N4O2S. The minimum absolute atomic E-state index is 0.0112. The fourth-order valence-electron chi connectivity index (χ4n) is 1.88. The van der Waals surface area contributed by atoms with E-state index in [1.165, 1.54) is 11.3 Å². The van der Waals surface area contributed by atoms with Crippen LogP contribution >= 0.6 is 11.3 Å². The topological polar surface area (TPSA) is 65.5 Å². The molecule has 2 amide bonds. The van der Waals surface area contributed by atoms with E-state index in [-0.39, 0.29) is 5.91 Å². The second kappa shape index (κ2) is 5.34. The van der Waals surface area contributed by atoms with Crippen LogP contribution in [0.2, 0.25) is 0 Å². The highest BCUT2D eigenvalue weighted by Crippen LogP contribution is 2.23. The second-order valence-electron chi connectivity index (χ2n) is 4.12. The van der Waals surface area contributed by atoms with Crippen LogP contribution in [0.1, 0.15) is 15.4 Å². The zero-order valence-electron chi connectivity index (χ0n) is 10.5. The van der Waals surface area contributed by atoms with Crippen molar-refractivity contribution in [2.24, 2.45) is 0 Å². The van der Waals surface area contributed by atoms with Crippen molar-refractivity contribution < 1.29 is 9.59 Å². The monoisotopic (exact) mass is 268 g/mol. The molecule has 1 N–H and O–H groups in total. The maximum atomic E-state index is 12.3. The lowest BCUT2D eigenvalue weighted by molar-refractivity contribution is -0.119. The number of nitrogens with zero attached hydrogens (tertiary/aromatic N) is 3. The summed E-state index contributed by atoms with van der Waals surface area (Å²) in [6, 6.07) is 0. The molecule has 2 heterocycles. The lowest BCUT2D eigenvalue weighted by Gasteiger charge is -2.32. The summed E-state index contributed by atoms with van der Waals surface area (Å²) < 4.78 is 0. The number of aryl methyl sites for hydroxylation is 1. The Kier molecular flexibility index (Phi) is 3.81. The molecule has 1 aliphatic heterocycles. The number of piperazine rings is 1. The molecule has 7 heteroatoms. The van der Waals surface area contributed by atoms with Crippen molar-refractivity contribution in [2.45, 2.75) is 6.92 Å². The summed E-state index contributed by atoms with van der Waals surface area (Å²) >= 11 is 1.37. The number of carbonyl (C=O) groups is 2. The van der Waals surface area contributed by atoms with Crippen LogP contribution in [0, 0.1) is 6.92 Å². The highest BCUT2D eigenvalue weighted by molar-refractivity contribution is 7.17. The van der Waals surface area contributed by atoms with Gasteiger partial charge in [0, 0.05) is 33.2 Å². The fourth-order valence-corrected chi connectivity index (χ4v) is 2.76. The molecule has 1 aromatic heterocycles. The first-order valence-corrected chi connectivity index (χ1v) is 6.61. The highest BCUT2D eigenvalue weighted by Gasteiger charge is 2.24. The highest BCUT2D eigenvalue weighted by atomic mass is 32.1. The second-order valence-corrected chi connectivity index (χ2v) is 5.12. The molecule has 0 bridgehead atoms. The van der Waals surface area contributed by atoms with Crippen molar-refractivity contribution in [1.82, 2.24) is 14.8 Å². The molecule has 18 heavy (non-hydrogen) atoms. The summed E-state index contributed by atoms with van der Waals surface area (Å²) in [5.41, 5.74) is 0.757. The van der Waals surface area contributed by atoms with E-state index in [0.29, 0.717) is 31.1 Å². The average molecular weight is 268 g/mol. The number of thiazole rings is 1. The minimum atomic E-state index is 0.0112. The van der Waals surface area contributed by atoms with E-state index in [1.807, 2.05) is 6.92 Å². The Hall–Kier alpha value is -1.63. The third-order valence-electron chi connectivity index (χ3n) is 2.96. The average Bonchev–Trinajstić information content (AvgIpc) is 2.79. The minimum Gasteiger partial charge on any atom is -0.365 e. The summed E-state index contributed by atoms with van der Waals surface area (Å²) in [5.74, 6) is 0.0112. The van der Waals surface area contributed by atoms with Gasteiger partial charge in [0.2, 0.25) is 6.41 Å². The van der Waals surface area contributed by atoms with Crippen molar-refractivity contribution >= 4 is 28.8 Å². The summed E-state index contributed by atoms with van der Waals surface area (Å²) in [7, 11) is 1.79. The molecule has 0 aromatic carbocycles. The van der Waals surface area contributed by atoms with Crippen LogP contribution in [0.3, 0.4) is 0 Å². The van der Waals surface area contributed by atoms with Gasteiger partial charge in [-0.15, -0.1) is 0 Å². The quantitative estimate of drug-likeness (QED) is 0.806. The van der Waals surface area contributed by atoms with E-state index >= 15 is 0 Å². The van der Waals surface area contributed by atoms with E-state index in [9.17, 15) is 9.59 Å². The molecule has 1 aliphatic rings. The van der Waals surface area contributed by atoms with Crippen molar-refractivity contribution in [3.05, 3.63) is 10.6 Å². The molecule has 0 unspecified atom stereocenters. The van der Waals surface area contributed by atoms with Crippen LogP contribution in [0.15, 0.2) is 0 Å². The van der Waals surface area contributed by atoms with Gasteiger partial charge in [0.15, 0.2) is 5.13 Å². The van der Waals surface area contributed by atoms with Gasteiger partial charge >= 0.3 is 0 Å². The third kappa shape index (κ3) is 2.45. The van der Waals surface area contributed by atoms with E-state index in [1.54, 1.807) is 16.8 Å². The third-order valence-corrected chi connectivity index (χ3v) is 4.12.